The van der Waals surface area contributed by atoms with E-state index < -0.39 is 11.9 Å². The number of hydrogen-bond acceptors (Lipinski definition) is 7. The molecule has 3 heterocycles. The Morgan fingerprint density at radius 3 is 2.78 bits per heavy atom. The number of nitrogens with zero attached hydrogens (tertiary/aromatic N) is 3. The van der Waals surface area contributed by atoms with E-state index in [4.69, 9.17) is 4.74 Å². The first kappa shape index (κ1) is 30.7. The predicted molar refractivity (Wildman–Crippen MR) is 168 cm³/mol. The zero-order valence-corrected chi connectivity index (χ0v) is 25.6. The lowest BCUT2D eigenvalue weighted by atomic mass is 9.95. The first-order valence-electron chi connectivity index (χ1n) is 15.5. The Morgan fingerprint density at radius 1 is 1.13 bits per heavy atom. The van der Waals surface area contributed by atoms with E-state index in [1.54, 1.807) is 24.4 Å². The maximum atomic E-state index is 15.0. The van der Waals surface area contributed by atoms with Crippen LogP contribution >= 0.6 is 0 Å². The molecule has 11 heteroatoms. The molecule has 236 valence electrons. The largest absolute Gasteiger partial charge is 0.496 e. The van der Waals surface area contributed by atoms with Gasteiger partial charge in [-0.3, -0.25) is 24.6 Å². The topological polar surface area (TPSA) is 132 Å². The van der Waals surface area contributed by atoms with E-state index >= 15 is 4.39 Å². The number of hydrogen-bond donors (Lipinski definition) is 4. The number of rotatable bonds is 9. The summed E-state index contributed by atoms with van der Waals surface area (Å²) < 4.78 is 20.4. The molecule has 2 aliphatic rings. The van der Waals surface area contributed by atoms with Gasteiger partial charge in [-0.25, -0.2) is 4.39 Å². The number of carbonyl (C=O) groups excluding carboxylic acids is 2. The van der Waals surface area contributed by atoms with E-state index in [2.05, 4.69) is 25.8 Å². The van der Waals surface area contributed by atoms with E-state index in [-0.39, 0.29) is 36.4 Å². The fourth-order valence-electron chi connectivity index (χ4n) is 6.65. The minimum atomic E-state index is -0.498. The molecule has 1 aliphatic carbocycles. The first-order valence-corrected chi connectivity index (χ1v) is 15.5. The monoisotopic (exact) mass is 614 g/mol. The van der Waals surface area contributed by atoms with Crippen molar-refractivity contribution >= 4 is 22.7 Å². The third kappa shape index (κ3) is 6.84. The van der Waals surface area contributed by atoms with Gasteiger partial charge in [0.15, 0.2) is 0 Å². The number of carbonyl (C=O) groups is 2. The molecule has 2 aromatic carbocycles. The summed E-state index contributed by atoms with van der Waals surface area (Å²) in [6.45, 7) is 2.93. The summed E-state index contributed by atoms with van der Waals surface area (Å²) in [5.41, 5.74) is 4.21. The van der Waals surface area contributed by atoms with Crippen LogP contribution < -0.4 is 15.4 Å². The lowest BCUT2D eigenvalue weighted by Crippen LogP contribution is -2.56. The standard InChI is InChI=1S/C34H39FN6O4/c1-20-14-22(12-13-36-20)32-26-16-23(7-10-29(26)39-40-32)33(43)38-24-8-11-30(34(44)37-17-21-6-9-25(42)15-21)41(18-24)19-27-28(35)4-3-5-31(27)45-2/h3-5,7,10,12-14,16,21,24-25,30,42H,6,8-9,11,15,17-19H2,1-2H3,(H,37,44)(H,38,43)(H,39,40)/t21-,24+,25-,30-/m0/s1. The highest BCUT2D eigenvalue weighted by molar-refractivity contribution is 6.01. The number of benzene rings is 2. The van der Waals surface area contributed by atoms with Crippen LogP contribution in [-0.2, 0) is 11.3 Å². The number of ether oxygens (including phenoxy) is 1. The average Bonchev–Trinajstić information content (AvgIpc) is 3.66. The van der Waals surface area contributed by atoms with Crippen molar-refractivity contribution in [3.05, 3.63) is 77.4 Å². The Balaban J connectivity index is 1.19. The van der Waals surface area contributed by atoms with Crippen LogP contribution in [0.1, 0.15) is 53.7 Å². The number of methoxy groups -OCH3 is 1. The number of H-pyrrole nitrogens is 1. The molecular weight excluding hydrogens is 575 g/mol. The van der Waals surface area contributed by atoms with Gasteiger partial charge < -0.3 is 20.5 Å². The smallest absolute Gasteiger partial charge is 0.251 e. The molecule has 1 saturated heterocycles. The third-order valence-corrected chi connectivity index (χ3v) is 9.05. The van der Waals surface area contributed by atoms with Gasteiger partial charge in [-0.05, 0) is 87.4 Å². The first-order chi connectivity index (χ1) is 21.8. The van der Waals surface area contributed by atoms with Crippen molar-refractivity contribution in [1.82, 2.24) is 30.7 Å². The van der Waals surface area contributed by atoms with E-state index in [1.165, 1.54) is 13.2 Å². The number of amides is 2. The van der Waals surface area contributed by atoms with Crippen LogP contribution in [0.25, 0.3) is 22.2 Å². The zero-order chi connectivity index (χ0) is 31.5. The SMILES string of the molecule is COc1cccc(F)c1CN1C[C@H](NC(=O)c2ccc3[nH]nc(-c4ccnc(C)c4)c3c2)CC[C@H]1C(=O)NC[C@H]1CC[C@H](O)C1. The van der Waals surface area contributed by atoms with Crippen LogP contribution in [0.3, 0.4) is 0 Å². The van der Waals surface area contributed by atoms with Gasteiger partial charge in [0.25, 0.3) is 5.91 Å². The summed E-state index contributed by atoms with van der Waals surface area (Å²) in [5.74, 6) is -0.107. The van der Waals surface area contributed by atoms with Crippen LogP contribution in [0, 0.1) is 18.7 Å². The predicted octanol–water partition coefficient (Wildman–Crippen LogP) is 4.12. The summed E-state index contributed by atoms with van der Waals surface area (Å²) in [7, 11) is 1.50. The maximum absolute atomic E-state index is 15.0. The summed E-state index contributed by atoms with van der Waals surface area (Å²) in [5, 5.41) is 24.5. The van der Waals surface area contributed by atoms with Gasteiger partial charge in [-0.2, -0.15) is 5.10 Å². The van der Waals surface area contributed by atoms with Crippen molar-refractivity contribution in [2.45, 2.75) is 63.8 Å². The molecule has 4 aromatic rings. The van der Waals surface area contributed by atoms with Gasteiger partial charge in [0.05, 0.1) is 24.8 Å². The molecule has 1 aliphatic heterocycles. The van der Waals surface area contributed by atoms with E-state index in [1.807, 2.05) is 36.1 Å². The molecule has 2 amide bonds. The van der Waals surface area contributed by atoms with Crippen LogP contribution in [0.2, 0.25) is 0 Å². The van der Waals surface area contributed by atoms with Gasteiger partial charge >= 0.3 is 0 Å². The minimum Gasteiger partial charge on any atom is -0.496 e. The van der Waals surface area contributed by atoms with Crippen LogP contribution in [0.4, 0.5) is 4.39 Å². The molecule has 45 heavy (non-hydrogen) atoms. The molecule has 1 saturated carbocycles. The van der Waals surface area contributed by atoms with Gasteiger partial charge in [-0.15, -0.1) is 0 Å². The van der Waals surface area contributed by atoms with Gasteiger partial charge in [0.2, 0.25) is 5.91 Å². The molecular formula is C34H39FN6O4. The fraction of sp³-hybridized carbons (Fsp3) is 0.412. The van der Waals surface area contributed by atoms with Gasteiger partial charge in [0, 0.05) is 59.6 Å². The highest BCUT2D eigenvalue weighted by Gasteiger charge is 2.35. The van der Waals surface area contributed by atoms with Crippen molar-refractivity contribution in [2.24, 2.45) is 5.92 Å². The number of fused-ring (bicyclic) bond motifs is 1. The number of aromatic amines is 1. The number of aryl methyl sites for hydroxylation is 1. The number of pyridine rings is 1. The lowest BCUT2D eigenvalue weighted by Gasteiger charge is -2.39. The van der Waals surface area contributed by atoms with Crippen molar-refractivity contribution < 1.29 is 23.8 Å². The third-order valence-electron chi connectivity index (χ3n) is 9.05. The van der Waals surface area contributed by atoms with Crippen LogP contribution in [0.5, 0.6) is 5.75 Å². The summed E-state index contributed by atoms with van der Waals surface area (Å²) in [6, 6.07) is 13.2. The molecule has 0 radical (unpaired) electrons. The molecule has 4 N–H and O–H groups in total. The van der Waals surface area contributed by atoms with Crippen molar-refractivity contribution in [3.8, 4) is 17.0 Å². The number of likely N-dealkylation sites (tertiary alicyclic amines) is 1. The number of piperidine rings is 1. The maximum Gasteiger partial charge on any atom is 0.251 e. The molecule has 0 bridgehead atoms. The molecule has 0 unspecified atom stereocenters. The zero-order valence-electron chi connectivity index (χ0n) is 25.6. The summed E-state index contributed by atoms with van der Waals surface area (Å²) in [4.78, 5) is 33.2. The molecule has 4 atom stereocenters. The number of aromatic nitrogens is 3. The van der Waals surface area contributed by atoms with E-state index in [0.29, 0.717) is 49.2 Å². The van der Waals surface area contributed by atoms with Crippen LogP contribution in [0.15, 0.2) is 54.7 Å². The lowest BCUT2D eigenvalue weighted by molar-refractivity contribution is -0.128. The van der Waals surface area contributed by atoms with Crippen molar-refractivity contribution in [2.75, 3.05) is 20.2 Å². The second-order valence-electron chi connectivity index (χ2n) is 12.2. The van der Waals surface area contributed by atoms with Gasteiger partial charge in [0.1, 0.15) is 17.3 Å². The number of nitrogens with one attached hydrogen (secondary N) is 3. The highest BCUT2D eigenvalue weighted by atomic mass is 19.1. The number of halogens is 1. The Labute approximate surface area is 261 Å². The van der Waals surface area contributed by atoms with E-state index in [9.17, 15) is 14.7 Å². The minimum absolute atomic E-state index is 0.124. The summed E-state index contributed by atoms with van der Waals surface area (Å²) in [6.07, 6.45) is 4.83. The molecule has 10 nitrogen and oxygen atoms in total. The highest BCUT2D eigenvalue weighted by Crippen LogP contribution is 2.30. The quantitative estimate of drug-likeness (QED) is 0.223. The Morgan fingerprint density at radius 2 is 2.00 bits per heavy atom. The Hall–Kier alpha value is -4.35. The van der Waals surface area contributed by atoms with Crippen molar-refractivity contribution in [1.29, 1.82) is 0 Å². The fourth-order valence-corrected chi connectivity index (χ4v) is 6.65. The number of aliphatic hydroxyl groups is 1. The van der Waals surface area contributed by atoms with Gasteiger partial charge in [-0.1, -0.05) is 6.07 Å². The second-order valence-corrected chi connectivity index (χ2v) is 12.2. The van der Waals surface area contributed by atoms with E-state index in [0.717, 1.165) is 40.7 Å². The normalized spacial score (nSPS) is 22.0. The van der Waals surface area contributed by atoms with Crippen molar-refractivity contribution in [3.63, 3.8) is 0 Å². The average molecular weight is 615 g/mol. The molecule has 2 aromatic heterocycles. The Kier molecular flexibility index (Phi) is 9.09. The second kappa shape index (κ2) is 13.3. The molecule has 6 rings (SSSR count). The van der Waals surface area contributed by atoms with Crippen LogP contribution in [-0.4, -0.2) is 75.4 Å². The molecule has 0 spiro atoms. The molecule has 2 fully saturated rings. The number of aliphatic hydroxyl groups excluding tert-OH is 1. The Bertz CT molecular complexity index is 1690. The summed E-state index contributed by atoms with van der Waals surface area (Å²) >= 11 is 0.